The molecule has 2 rings (SSSR count). The predicted octanol–water partition coefficient (Wildman–Crippen LogP) is 2.18. The molecule has 6 heteroatoms. The van der Waals surface area contributed by atoms with Gasteiger partial charge in [-0.25, -0.2) is 13.1 Å². The lowest BCUT2D eigenvalue weighted by Crippen LogP contribution is -2.24. The van der Waals surface area contributed by atoms with E-state index >= 15 is 0 Å². The summed E-state index contributed by atoms with van der Waals surface area (Å²) in [6.45, 7) is 5.57. The first-order valence-corrected chi connectivity index (χ1v) is 8.33. The summed E-state index contributed by atoms with van der Waals surface area (Å²) in [5, 5.41) is 3.21. The lowest BCUT2D eigenvalue weighted by molar-refractivity contribution is 0.561. The number of hydrogen-bond donors (Lipinski definition) is 2. The highest BCUT2D eigenvalue weighted by atomic mass is 32.2. The first-order valence-electron chi connectivity index (χ1n) is 6.84. The molecule has 1 heterocycles. The van der Waals surface area contributed by atoms with E-state index in [2.05, 4.69) is 10.0 Å². The third kappa shape index (κ3) is 3.93. The second-order valence-corrected chi connectivity index (χ2v) is 6.51. The van der Waals surface area contributed by atoms with Gasteiger partial charge in [0.25, 0.3) is 0 Å². The molecule has 1 aromatic heterocycles. The maximum absolute atomic E-state index is 12.4. The quantitative estimate of drug-likeness (QED) is 0.822. The summed E-state index contributed by atoms with van der Waals surface area (Å²) in [4.78, 5) is 0.321. The Bertz CT molecular complexity index is 679. The smallest absolute Gasteiger partial charge is 0.241 e. The zero-order chi connectivity index (χ0) is 15.3. The molecule has 0 bridgehead atoms. The Morgan fingerprint density at radius 3 is 2.67 bits per heavy atom. The number of hydrogen-bond acceptors (Lipinski definition) is 4. The largest absolute Gasteiger partial charge is 0.472 e. The monoisotopic (exact) mass is 308 g/mol. The Morgan fingerprint density at radius 2 is 2.00 bits per heavy atom. The van der Waals surface area contributed by atoms with Gasteiger partial charge in [-0.1, -0.05) is 19.1 Å². The minimum Gasteiger partial charge on any atom is -0.472 e. The van der Waals surface area contributed by atoms with E-state index in [0.29, 0.717) is 11.4 Å². The van der Waals surface area contributed by atoms with Crippen molar-refractivity contribution < 1.29 is 12.8 Å². The molecular weight excluding hydrogens is 288 g/mol. The van der Waals surface area contributed by atoms with Crippen LogP contribution in [0.15, 0.2) is 46.1 Å². The van der Waals surface area contributed by atoms with Crippen molar-refractivity contribution in [1.29, 1.82) is 0 Å². The predicted molar refractivity (Wildman–Crippen MR) is 81.3 cm³/mol. The molecule has 5 nitrogen and oxygen atoms in total. The summed E-state index contributed by atoms with van der Waals surface area (Å²) < 4.78 is 32.3. The Morgan fingerprint density at radius 1 is 1.19 bits per heavy atom. The molecule has 0 radical (unpaired) electrons. The molecule has 2 N–H and O–H groups in total. The van der Waals surface area contributed by atoms with Crippen LogP contribution in [-0.4, -0.2) is 15.0 Å². The van der Waals surface area contributed by atoms with Crippen molar-refractivity contribution in [2.75, 3.05) is 6.54 Å². The molecule has 0 aliphatic heterocycles. The van der Waals surface area contributed by atoms with Crippen molar-refractivity contribution in [3.8, 4) is 0 Å². The SMILES string of the molecule is CCNCc1cccc(S(=O)(=O)NCc2ccoc2)c1C. The van der Waals surface area contributed by atoms with Crippen molar-refractivity contribution in [2.45, 2.75) is 31.8 Å². The lowest BCUT2D eigenvalue weighted by atomic mass is 10.1. The second kappa shape index (κ2) is 6.89. The van der Waals surface area contributed by atoms with E-state index in [4.69, 9.17) is 4.42 Å². The van der Waals surface area contributed by atoms with Gasteiger partial charge in [0.1, 0.15) is 0 Å². The minimum atomic E-state index is -3.53. The number of nitrogens with one attached hydrogen (secondary N) is 2. The van der Waals surface area contributed by atoms with Crippen LogP contribution < -0.4 is 10.0 Å². The van der Waals surface area contributed by atoms with Crippen molar-refractivity contribution in [2.24, 2.45) is 0 Å². The van der Waals surface area contributed by atoms with E-state index in [-0.39, 0.29) is 6.54 Å². The Labute approximate surface area is 125 Å². The highest BCUT2D eigenvalue weighted by molar-refractivity contribution is 7.89. The fourth-order valence-corrected chi connectivity index (χ4v) is 3.36. The summed E-state index contributed by atoms with van der Waals surface area (Å²) >= 11 is 0. The molecule has 0 fully saturated rings. The maximum atomic E-state index is 12.4. The fraction of sp³-hybridized carbons (Fsp3) is 0.333. The zero-order valence-corrected chi connectivity index (χ0v) is 13.0. The summed E-state index contributed by atoms with van der Waals surface area (Å²) in [6, 6.07) is 7.07. The van der Waals surface area contributed by atoms with E-state index in [1.165, 1.54) is 12.5 Å². The summed E-state index contributed by atoms with van der Waals surface area (Å²) in [6.07, 6.45) is 3.04. The third-order valence-electron chi connectivity index (χ3n) is 3.30. The van der Waals surface area contributed by atoms with Crippen LogP contribution in [0.25, 0.3) is 0 Å². The molecule has 0 atom stereocenters. The third-order valence-corrected chi connectivity index (χ3v) is 4.84. The zero-order valence-electron chi connectivity index (χ0n) is 12.2. The average Bonchev–Trinajstić information content (AvgIpc) is 2.97. The minimum absolute atomic E-state index is 0.218. The fourth-order valence-electron chi connectivity index (χ4n) is 2.05. The van der Waals surface area contributed by atoms with Crippen LogP contribution in [0.1, 0.15) is 23.6 Å². The maximum Gasteiger partial charge on any atom is 0.241 e. The number of benzene rings is 1. The lowest BCUT2D eigenvalue weighted by Gasteiger charge is -2.12. The number of rotatable bonds is 7. The van der Waals surface area contributed by atoms with Crippen molar-refractivity contribution >= 4 is 10.0 Å². The van der Waals surface area contributed by atoms with E-state index < -0.39 is 10.0 Å². The molecule has 114 valence electrons. The van der Waals surface area contributed by atoms with Gasteiger partial charge in [0.2, 0.25) is 10.0 Å². The number of furan rings is 1. The van der Waals surface area contributed by atoms with Gasteiger partial charge in [0.15, 0.2) is 0 Å². The molecule has 21 heavy (non-hydrogen) atoms. The molecule has 1 aromatic carbocycles. The first-order chi connectivity index (χ1) is 10.0. The van der Waals surface area contributed by atoms with Gasteiger partial charge < -0.3 is 9.73 Å². The molecule has 0 saturated carbocycles. The summed E-state index contributed by atoms with van der Waals surface area (Å²) in [5.74, 6) is 0. The van der Waals surface area contributed by atoms with E-state index in [1.807, 2.05) is 19.9 Å². The van der Waals surface area contributed by atoms with E-state index in [9.17, 15) is 8.42 Å². The Kier molecular flexibility index (Phi) is 5.17. The highest BCUT2D eigenvalue weighted by Gasteiger charge is 2.18. The molecule has 0 aliphatic rings. The van der Waals surface area contributed by atoms with Gasteiger partial charge in [-0.15, -0.1) is 0 Å². The molecule has 2 aromatic rings. The van der Waals surface area contributed by atoms with Crippen molar-refractivity contribution in [3.05, 3.63) is 53.5 Å². The van der Waals surface area contributed by atoms with Crippen LogP contribution in [0.3, 0.4) is 0 Å². The molecule has 0 saturated heterocycles. The normalized spacial score (nSPS) is 11.7. The van der Waals surface area contributed by atoms with Gasteiger partial charge in [-0.2, -0.15) is 0 Å². The first kappa shape index (κ1) is 15.8. The van der Waals surface area contributed by atoms with Crippen molar-refractivity contribution in [1.82, 2.24) is 10.0 Å². The summed E-state index contributed by atoms with van der Waals surface area (Å²) in [7, 11) is -3.53. The van der Waals surface area contributed by atoms with Crippen molar-refractivity contribution in [3.63, 3.8) is 0 Å². The van der Waals surface area contributed by atoms with Gasteiger partial charge in [-0.05, 0) is 36.7 Å². The Balaban J connectivity index is 2.19. The summed E-state index contributed by atoms with van der Waals surface area (Å²) in [5.41, 5.74) is 2.56. The van der Waals surface area contributed by atoms with Crippen LogP contribution in [0, 0.1) is 6.92 Å². The number of sulfonamides is 1. The molecule has 0 aliphatic carbocycles. The second-order valence-electron chi connectivity index (χ2n) is 4.78. The van der Waals surface area contributed by atoms with E-state index in [1.54, 1.807) is 18.2 Å². The Hall–Kier alpha value is -1.63. The van der Waals surface area contributed by atoms with Crippen LogP contribution in [0.2, 0.25) is 0 Å². The van der Waals surface area contributed by atoms with E-state index in [0.717, 1.165) is 23.2 Å². The highest BCUT2D eigenvalue weighted by Crippen LogP contribution is 2.19. The standard InChI is InChI=1S/C15H20N2O3S/c1-3-16-10-14-5-4-6-15(12(14)2)21(18,19)17-9-13-7-8-20-11-13/h4-8,11,16-17H,3,9-10H2,1-2H3. The van der Waals surface area contributed by atoms with Crippen LogP contribution in [0.5, 0.6) is 0 Å². The molecule has 0 amide bonds. The van der Waals surface area contributed by atoms with Gasteiger partial charge in [0.05, 0.1) is 17.4 Å². The molecule has 0 unspecified atom stereocenters. The average molecular weight is 308 g/mol. The van der Waals surface area contributed by atoms with Crippen LogP contribution in [0.4, 0.5) is 0 Å². The molecule has 0 spiro atoms. The van der Waals surface area contributed by atoms with Gasteiger partial charge in [-0.3, -0.25) is 0 Å². The van der Waals surface area contributed by atoms with Gasteiger partial charge in [0, 0.05) is 18.7 Å². The van der Waals surface area contributed by atoms with Crippen LogP contribution >= 0.6 is 0 Å². The van der Waals surface area contributed by atoms with Gasteiger partial charge >= 0.3 is 0 Å². The topological polar surface area (TPSA) is 71.3 Å². The van der Waals surface area contributed by atoms with Crippen LogP contribution in [-0.2, 0) is 23.1 Å². The molecular formula is C15H20N2O3S.